The molecule has 0 unspecified atom stereocenters. The molecule has 0 aliphatic carbocycles. The van der Waals surface area contributed by atoms with Crippen LogP contribution in [0.1, 0.15) is 30.9 Å². The van der Waals surface area contributed by atoms with E-state index in [1.54, 1.807) is 29.2 Å². The number of benzene rings is 2. The molecule has 2 N–H and O–H groups in total. The number of hydrogen-bond donors (Lipinski definition) is 2. The number of para-hydroxylation sites is 1. The van der Waals surface area contributed by atoms with Gasteiger partial charge in [-0.3, -0.25) is 9.69 Å². The number of nitrogens with zero attached hydrogens (tertiary/aromatic N) is 2. The SMILES string of the molecule is CCN1CCC[C@@H]1CN(Cc1cc2cccc(C)c2[nH]c1=O)C(=O)Nc1ccc(Cl)cc1. The van der Waals surface area contributed by atoms with Crippen LogP contribution >= 0.6 is 11.6 Å². The van der Waals surface area contributed by atoms with E-state index in [1.165, 1.54) is 0 Å². The van der Waals surface area contributed by atoms with Crippen molar-refractivity contribution in [1.29, 1.82) is 0 Å². The molecular formula is C25H29ClN4O2. The number of hydrogen-bond acceptors (Lipinski definition) is 3. The van der Waals surface area contributed by atoms with Crippen LogP contribution in [-0.2, 0) is 6.54 Å². The Balaban J connectivity index is 1.61. The van der Waals surface area contributed by atoms with Crippen molar-refractivity contribution in [2.45, 2.75) is 39.3 Å². The highest BCUT2D eigenvalue weighted by molar-refractivity contribution is 6.30. The molecule has 7 heteroatoms. The molecule has 0 radical (unpaired) electrons. The minimum atomic E-state index is -0.223. The number of halogens is 1. The van der Waals surface area contributed by atoms with E-state index in [9.17, 15) is 9.59 Å². The fourth-order valence-corrected chi connectivity index (χ4v) is 4.61. The minimum absolute atomic E-state index is 0.158. The highest BCUT2D eigenvalue weighted by Gasteiger charge is 2.28. The molecule has 1 fully saturated rings. The fraction of sp³-hybridized carbons (Fsp3) is 0.360. The van der Waals surface area contributed by atoms with Gasteiger partial charge in [-0.25, -0.2) is 4.79 Å². The highest BCUT2D eigenvalue weighted by Crippen LogP contribution is 2.21. The van der Waals surface area contributed by atoms with E-state index >= 15 is 0 Å². The average Bonchev–Trinajstić information content (AvgIpc) is 3.23. The van der Waals surface area contributed by atoms with E-state index < -0.39 is 0 Å². The molecule has 0 bridgehead atoms. The second-order valence-electron chi connectivity index (χ2n) is 8.41. The molecule has 2 aromatic carbocycles. The monoisotopic (exact) mass is 452 g/mol. The molecule has 1 aliphatic heterocycles. The van der Waals surface area contributed by atoms with Crippen molar-refractivity contribution in [2.75, 3.05) is 25.0 Å². The van der Waals surface area contributed by atoms with Gasteiger partial charge in [0.25, 0.3) is 5.56 Å². The van der Waals surface area contributed by atoms with Gasteiger partial charge in [-0.05, 0) is 74.1 Å². The topological polar surface area (TPSA) is 68.4 Å². The van der Waals surface area contributed by atoms with Gasteiger partial charge < -0.3 is 15.2 Å². The second-order valence-corrected chi connectivity index (χ2v) is 8.84. The van der Waals surface area contributed by atoms with Gasteiger partial charge in [0.1, 0.15) is 0 Å². The van der Waals surface area contributed by atoms with Crippen LogP contribution in [0.25, 0.3) is 10.9 Å². The third-order valence-electron chi connectivity index (χ3n) is 6.25. The number of rotatable bonds is 6. The third-order valence-corrected chi connectivity index (χ3v) is 6.50. The van der Waals surface area contributed by atoms with Crippen LogP contribution in [0.5, 0.6) is 0 Å². The normalized spacial score (nSPS) is 16.4. The van der Waals surface area contributed by atoms with Gasteiger partial charge in [0.05, 0.1) is 12.1 Å². The van der Waals surface area contributed by atoms with E-state index in [0.29, 0.717) is 22.8 Å². The highest BCUT2D eigenvalue weighted by atomic mass is 35.5. The Morgan fingerprint density at radius 3 is 2.78 bits per heavy atom. The summed E-state index contributed by atoms with van der Waals surface area (Å²) in [5.41, 5.74) is 2.95. The first-order valence-electron chi connectivity index (χ1n) is 11.1. The fourth-order valence-electron chi connectivity index (χ4n) is 4.48. The number of pyridine rings is 1. The number of aromatic amines is 1. The van der Waals surface area contributed by atoms with Crippen LogP contribution in [0.4, 0.5) is 10.5 Å². The predicted molar refractivity (Wildman–Crippen MR) is 130 cm³/mol. The van der Waals surface area contributed by atoms with Crippen molar-refractivity contribution in [3.05, 3.63) is 75.0 Å². The predicted octanol–water partition coefficient (Wildman–Crippen LogP) is 5.01. The quantitative estimate of drug-likeness (QED) is 0.552. The maximum absolute atomic E-state index is 13.3. The van der Waals surface area contributed by atoms with Crippen LogP contribution in [0, 0.1) is 6.92 Å². The molecule has 1 saturated heterocycles. The Hall–Kier alpha value is -2.83. The number of fused-ring (bicyclic) bond motifs is 1. The average molecular weight is 453 g/mol. The van der Waals surface area contributed by atoms with Gasteiger partial charge in [-0.2, -0.15) is 0 Å². The van der Waals surface area contributed by atoms with Gasteiger partial charge in [0, 0.05) is 28.9 Å². The zero-order valence-electron chi connectivity index (χ0n) is 18.5. The van der Waals surface area contributed by atoms with Gasteiger partial charge in [-0.1, -0.05) is 36.7 Å². The number of nitrogens with one attached hydrogen (secondary N) is 2. The summed E-state index contributed by atoms with van der Waals surface area (Å²) in [4.78, 5) is 33.3. The summed E-state index contributed by atoms with van der Waals surface area (Å²) in [5, 5.41) is 4.54. The lowest BCUT2D eigenvalue weighted by atomic mass is 10.1. The lowest BCUT2D eigenvalue weighted by Crippen LogP contribution is -2.45. The molecule has 2 heterocycles. The van der Waals surface area contributed by atoms with Gasteiger partial charge in [0.15, 0.2) is 0 Å². The number of H-pyrrole nitrogens is 1. The van der Waals surface area contributed by atoms with E-state index in [1.807, 2.05) is 31.2 Å². The molecule has 1 aliphatic rings. The molecule has 4 rings (SSSR count). The Morgan fingerprint density at radius 1 is 1.25 bits per heavy atom. The summed E-state index contributed by atoms with van der Waals surface area (Å²) < 4.78 is 0. The van der Waals surface area contributed by atoms with Crippen molar-refractivity contribution in [2.24, 2.45) is 0 Å². The number of likely N-dealkylation sites (N-methyl/N-ethyl adjacent to an activating group) is 1. The molecular weight excluding hydrogens is 424 g/mol. The number of likely N-dealkylation sites (tertiary alicyclic amines) is 1. The Bertz CT molecular complexity index is 1160. The molecule has 168 valence electrons. The Morgan fingerprint density at radius 2 is 2.03 bits per heavy atom. The Labute approximate surface area is 193 Å². The van der Waals surface area contributed by atoms with Crippen LogP contribution in [0.15, 0.2) is 53.3 Å². The first-order chi connectivity index (χ1) is 15.4. The van der Waals surface area contributed by atoms with Crippen molar-refractivity contribution in [1.82, 2.24) is 14.8 Å². The van der Waals surface area contributed by atoms with Gasteiger partial charge in [0.2, 0.25) is 0 Å². The van der Waals surface area contributed by atoms with Gasteiger partial charge >= 0.3 is 6.03 Å². The third kappa shape index (κ3) is 4.97. The zero-order chi connectivity index (χ0) is 22.7. The number of carbonyl (C=O) groups excluding carboxylic acids is 1. The summed E-state index contributed by atoms with van der Waals surface area (Å²) in [5.74, 6) is 0. The smallest absolute Gasteiger partial charge is 0.321 e. The standard InChI is InChI=1S/C25H29ClN4O2/c1-3-29-13-5-8-22(29)16-30(25(32)27-21-11-9-20(26)10-12-21)15-19-14-18-7-4-6-17(2)23(18)28-24(19)31/h4,6-7,9-12,14,22H,3,5,8,13,15-16H2,1-2H3,(H,27,32)(H,28,31)/t22-/m1/s1. The first-order valence-corrected chi connectivity index (χ1v) is 11.5. The number of carbonyl (C=O) groups is 1. The molecule has 2 amide bonds. The summed E-state index contributed by atoms with van der Waals surface area (Å²) in [6.07, 6.45) is 2.17. The van der Waals surface area contributed by atoms with Crippen LogP contribution in [0.3, 0.4) is 0 Å². The van der Waals surface area contributed by atoms with Crippen LogP contribution in [-0.4, -0.2) is 46.5 Å². The number of aromatic nitrogens is 1. The molecule has 32 heavy (non-hydrogen) atoms. The number of amides is 2. The molecule has 6 nitrogen and oxygen atoms in total. The molecule has 1 aromatic heterocycles. The van der Waals surface area contributed by atoms with E-state index in [-0.39, 0.29) is 24.2 Å². The van der Waals surface area contributed by atoms with Gasteiger partial charge in [-0.15, -0.1) is 0 Å². The first kappa shape index (κ1) is 22.4. The lowest BCUT2D eigenvalue weighted by molar-refractivity contribution is 0.174. The maximum atomic E-state index is 13.3. The number of anilines is 1. The zero-order valence-corrected chi connectivity index (χ0v) is 19.3. The molecule has 0 saturated carbocycles. The second kappa shape index (κ2) is 9.76. The summed E-state index contributed by atoms with van der Waals surface area (Å²) in [6, 6.07) is 14.9. The molecule has 3 aromatic rings. The lowest BCUT2D eigenvalue weighted by Gasteiger charge is -2.30. The number of aryl methyl sites for hydroxylation is 1. The number of urea groups is 1. The van der Waals surface area contributed by atoms with E-state index in [4.69, 9.17) is 11.6 Å². The summed E-state index contributed by atoms with van der Waals surface area (Å²) in [7, 11) is 0. The molecule has 1 atom stereocenters. The van der Waals surface area contributed by atoms with Crippen molar-refractivity contribution >= 4 is 34.2 Å². The van der Waals surface area contributed by atoms with Crippen LogP contribution in [0.2, 0.25) is 5.02 Å². The maximum Gasteiger partial charge on any atom is 0.322 e. The summed E-state index contributed by atoms with van der Waals surface area (Å²) >= 11 is 5.97. The molecule has 0 spiro atoms. The van der Waals surface area contributed by atoms with Crippen molar-refractivity contribution < 1.29 is 4.79 Å². The van der Waals surface area contributed by atoms with Crippen molar-refractivity contribution in [3.8, 4) is 0 Å². The Kier molecular flexibility index (Phi) is 6.82. The van der Waals surface area contributed by atoms with Crippen molar-refractivity contribution in [3.63, 3.8) is 0 Å². The minimum Gasteiger partial charge on any atom is -0.321 e. The summed E-state index contributed by atoms with van der Waals surface area (Å²) in [6.45, 7) is 6.93. The van der Waals surface area contributed by atoms with E-state index in [0.717, 1.165) is 42.4 Å². The van der Waals surface area contributed by atoms with E-state index in [2.05, 4.69) is 22.1 Å². The van der Waals surface area contributed by atoms with Crippen LogP contribution < -0.4 is 10.9 Å². The largest absolute Gasteiger partial charge is 0.322 e.